The molecule has 0 saturated heterocycles. The van der Waals surface area contributed by atoms with Crippen molar-refractivity contribution in [2.24, 2.45) is 0 Å². The number of unbranched alkanes of at least 4 members (excludes halogenated alkanes) is 1. The first kappa shape index (κ1) is 13.4. The zero-order valence-corrected chi connectivity index (χ0v) is 10.1. The van der Waals surface area contributed by atoms with Gasteiger partial charge in [0.15, 0.2) is 0 Å². The van der Waals surface area contributed by atoms with Gasteiger partial charge in [-0.15, -0.1) is 16.7 Å². The molecule has 1 heterocycles. The van der Waals surface area contributed by atoms with E-state index in [0.29, 0.717) is 0 Å². The molecule has 0 saturated carbocycles. The third-order valence-electron chi connectivity index (χ3n) is 1.73. The number of aryl methyl sites for hydroxylation is 2. The second-order valence-electron chi connectivity index (χ2n) is 2.71. The highest BCUT2D eigenvalue weighted by Crippen LogP contribution is 2.01. The van der Waals surface area contributed by atoms with Crippen LogP contribution < -0.4 is 0 Å². The first-order valence-electron chi connectivity index (χ1n) is 5.31. The molecule has 82 valence electrons. The summed E-state index contributed by atoms with van der Waals surface area (Å²) in [6.07, 6.45) is 5.15. The molecule has 0 N–H and O–H groups in total. The smallest absolute Gasteiger partial charge is 0.0827 e. The van der Waals surface area contributed by atoms with Gasteiger partial charge in [0.2, 0.25) is 0 Å². The van der Waals surface area contributed by atoms with Gasteiger partial charge in [-0.25, -0.2) is 0 Å². The molecule has 1 rings (SSSR count). The number of nitrogens with zero attached hydrogens (tertiary/aromatic N) is 3. The van der Waals surface area contributed by atoms with Crippen molar-refractivity contribution in [1.82, 2.24) is 15.0 Å². The molecule has 0 aliphatic rings. The summed E-state index contributed by atoms with van der Waals surface area (Å²) in [5.41, 5.74) is 1.07. The second kappa shape index (κ2) is 9.00. The van der Waals surface area contributed by atoms with E-state index in [4.69, 9.17) is 11.6 Å². The lowest BCUT2D eigenvalue weighted by Crippen LogP contribution is -1.93. The highest BCUT2D eigenvalue weighted by molar-refractivity contribution is 6.17. The van der Waals surface area contributed by atoms with Gasteiger partial charge in [-0.05, 0) is 26.2 Å². The fraction of sp³-hybridized carbons (Fsp3) is 0.800. The van der Waals surface area contributed by atoms with Crippen molar-refractivity contribution in [2.45, 2.75) is 46.6 Å². The van der Waals surface area contributed by atoms with Crippen LogP contribution in [0.25, 0.3) is 0 Å². The van der Waals surface area contributed by atoms with Gasteiger partial charge in [-0.1, -0.05) is 19.1 Å². The normalized spacial score (nSPS) is 9.43. The lowest BCUT2D eigenvalue weighted by molar-refractivity contribution is 0.626. The summed E-state index contributed by atoms with van der Waals surface area (Å²) < 4.78 is 1.84. The summed E-state index contributed by atoms with van der Waals surface area (Å²) in [6.45, 7) is 6.94. The molecule has 0 unspecified atom stereocenters. The Balaban J connectivity index is 0.000000791. The summed E-state index contributed by atoms with van der Waals surface area (Å²) in [6, 6.07) is 0. The van der Waals surface area contributed by atoms with Crippen molar-refractivity contribution < 1.29 is 0 Å². The Labute approximate surface area is 91.5 Å². The third kappa shape index (κ3) is 5.22. The van der Waals surface area contributed by atoms with Crippen molar-refractivity contribution in [1.29, 1.82) is 0 Å². The molecular formula is C10H20ClN3. The fourth-order valence-electron chi connectivity index (χ4n) is 1.01. The van der Waals surface area contributed by atoms with Gasteiger partial charge < -0.3 is 0 Å². The van der Waals surface area contributed by atoms with E-state index in [1.165, 1.54) is 0 Å². The lowest BCUT2D eigenvalue weighted by Gasteiger charge is -1.92. The van der Waals surface area contributed by atoms with Crippen LogP contribution in [0.3, 0.4) is 0 Å². The SMILES string of the molecule is CC.CCn1cc(CCCCCl)nn1. The van der Waals surface area contributed by atoms with Crippen molar-refractivity contribution >= 4 is 11.6 Å². The van der Waals surface area contributed by atoms with Crippen molar-refractivity contribution in [3.05, 3.63) is 11.9 Å². The third-order valence-corrected chi connectivity index (χ3v) is 1.99. The number of rotatable bonds is 5. The molecule has 4 heteroatoms. The predicted octanol–water partition coefficient (Wildman–Crippen LogP) is 2.89. The molecule has 0 fully saturated rings. The van der Waals surface area contributed by atoms with Crippen LogP contribution in [-0.2, 0) is 13.0 Å². The zero-order chi connectivity index (χ0) is 10.8. The van der Waals surface area contributed by atoms with Gasteiger partial charge in [-0.2, -0.15) is 0 Å². The number of halogens is 1. The Hall–Kier alpha value is -0.570. The minimum absolute atomic E-state index is 0.738. The van der Waals surface area contributed by atoms with Crippen LogP contribution in [0.15, 0.2) is 6.20 Å². The van der Waals surface area contributed by atoms with E-state index in [2.05, 4.69) is 17.2 Å². The largest absolute Gasteiger partial charge is 0.253 e. The average Bonchev–Trinajstić information content (AvgIpc) is 2.69. The van der Waals surface area contributed by atoms with Crippen LogP contribution in [0.2, 0.25) is 0 Å². The van der Waals surface area contributed by atoms with E-state index in [0.717, 1.165) is 37.4 Å². The van der Waals surface area contributed by atoms with Crippen LogP contribution in [0.5, 0.6) is 0 Å². The molecule has 0 atom stereocenters. The molecule has 0 amide bonds. The number of alkyl halides is 1. The molecular weight excluding hydrogens is 198 g/mol. The van der Waals surface area contributed by atoms with Gasteiger partial charge in [-0.3, -0.25) is 4.68 Å². The summed E-state index contributed by atoms with van der Waals surface area (Å²) in [4.78, 5) is 0. The molecule has 0 bridgehead atoms. The van der Waals surface area contributed by atoms with Crippen LogP contribution in [0, 0.1) is 0 Å². The van der Waals surface area contributed by atoms with E-state index < -0.39 is 0 Å². The molecule has 0 radical (unpaired) electrons. The quantitative estimate of drug-likeness (QED) is 0.561. The Morgan fingerprint density at radius 2 is 2.07 bits per heavy atom. The number of aromatic nitrogens is 3. The van der Waals surface area contributed by atoms with Crippen LogP contribution in [0.1, 0.15) is 39.3 Å². The fourth-order valence-corrected chi connectivity index (χ4v) is 1.20. The second-order valence-corrected chi connectivity index (χ2v) is 3.09. The van der Waals surface area contributed by atoms with Gasteiger partial charge >= 0.3 is 0 Å². The zero-order valence-electron chi connectivity index (χ0n) is 9.33. The van der Waals surface area contributed by atoms with Gasteiger partial charge in [0, 0.05) is 18.6 Å². The van der Waals surface area contributed by atoms with Crippen molar-refractivity contribution in [3.63, 3.8) is 0 Å². The highest BCUT2D eigenvalue weighted by Gasteiger charge is 1.97. The first-order valence-corrected chi connectivity index (χ1v) is 5.85. The Bertz CT molecular complexity index is 223. The number of hydrogen-bond donors (Lipinski definition) is 0. The van der Waals surface area contributed by atoms with E-state index in [1.54, 1.807) is 0 Å². The minimum Gasteiger partial charge on any atom is -0.253 e. The van der Waals surface area contributed by atoms with Crippen molar-refractivity contribution in [2.75, 3.05) is 5.88 Å². The van der Waals surface area contributed by atoms with E-state index in [-0.39, 0.29) is 0 Å². The van der Waals surface area contributed by atoms with Crippen LogP contribution in [-0.4, -0.2) is 20.9 Å². The Kier molecular flexibility index (Phi) is 8.64. The standard InChI is InChI=1S/C8H14ClN3.C2H6/c1-2-12-7-8(10-11-12)5-3-4-6-9;1-2/h7H,2-6H2,1H3;1-2H3. The molecule has 0 aromatic carbocycles. The Morgan fingerprint density at radius 3 is 2.57 bits per heavy atom. The predicted molar refractivity (Wildman–Crippen MR) is 60.7 cm³/mol. The molecule has 0 aliphatic heterocycles. The number of hydrogen-bond acceptors (Lipinski definition) is 2. The van der Waals surface area contributed by atoms with E-state index in [9.17, 15) is 0 Å². The highest BCUT2D eigenvalue weighted by atomic mass is 35.5. The molecule has 1 aromatic rings. The summed E-state index contributed by atoms with van der Waals surface area (Å²) >= 11 is 5.56. The van der Waals surface area contributed by atoms with Crippen molar-refractivity contribution in [3.8, 4) is 0 Å². The molecule has 0 spiro atoms. The van der Waals surface area contributed by atoms with Crippen LogP contribution in [0.4, 0.5) is 0 Å². The minimum atomic E-state index is 0.738. The Morgan fingerprint density at radius 1 is 1.36 bits per heavy atom. The molecule has 1 aromatic heterocycles. The summed E-state index contributed by atoms with van der Waals surface area (Å²) in [5.74, 6) is 0.738. The maximum absolute atomic E-state index is 5.56. The first-order chi connectivity index (χ1) is 6.86. The monoisotopic (exact) mass is 217 g/mol. The van der Waals surface area contributed by atoms with Gasteiger partial charge in [0.25, 0.3) is 0 Å². The lowest BCUT2D eigenvalue weighted by atomic mass is 10.2. The maximum Gasteiger partial charge on any atom is 0.0827 e. The molecule has 3 nitrogen and oxygen atoms in total. The van der Waals surface area contributed by atoms with E-state index in [1.807, 2.05) is 24.7 Å². The van der Waals surface area contributed by atoms with E-state index >= 15 is 0 Å². The van der Waals surface area contributed by atoms with Gasteiger partial charge in [0.05, 0.1) is 5.69 Å². The maximum atomic E-state index is 5.56. The average molecular weight is 218 g/mol. The summed E-state index contributed by atoms with van der Waals surface area (Å²) in [7, 11) is 0. The molecule has 0 aliphatic carbocycles. The van der Waals surface area contributed by atoms with Gasteiger partial charge in [0.1, 0.15) is 0 Å². The topological polar surface area (TPSA) is 30.7 Å². The van der Waals surface area contributed by atoms with Crippen LogP contribution >= 0.6 is 11.6 Å². The summed E-state index contributed by atoms with van der Waals surface area (Å²) in [5, 5.41) is 7.98. The molecule has 14 heavy (non-hydrogen) atoms.